The van der Waals surface area contributed by atoms with E-state index < -0.39 is 16.3 Å². The number of benzene rings is 1. The predicted molar refractivity (Wildman–Crippen MR) is 58.9 cm³/mol. The minimum absolute atomic E-state index is 0.0660. The molecule has 0 heterocycles. The quantitative estimate of drug-likeness (QED) is 0.645. The van der Waals surface area contributed by atoms with Crippen molar-refractivity contribution in [1.29, 1.82) is 5.26 Å². The maximum atomic E-state index is 13.1. The highest BCUT2D eigenvalue weighted by atomic mass is 19.1. The van der Waals surface area contributed by atoms with Gasteiger partial charge in [0.1, 0.15) is 17.0 Å². The van der Waals surface area contributed by atoms with Crippen molar-refractivity contribution in [3.05, 3.63) is 34.1 Å². The first-order valence-electron chi connectivity index (χ1n) is 5.20. The molecule has 0 spiro atoms. The van der Waals surface area contributed by atoms with E-state index in [1.807, 2.05) is 0 Å². The smallest absolute Gasteiger partial charge is 0.292 e. The van der Waals surface area contributed by atoms with Crippen molar-refractivity contribution in [2.24, 2.45) is 0 Å². The molecule has 1 saturated carbocycles. The van der Waals surface area contributed by atoms with Gasteiger partial charge in [0.25, 0.3) is 5.69 Å². The molecule has 0 amide bonds. The van der Waals surface area contributed by atoms with Crippen molar-refractivity contribution in [3.8, 4) is 6.07 Å². The number of nitro benzene ring substituents is 1. The van der Waals surface area contributed by atoms with Crippen molar-refractivity contribution < 1.29 is 9.31 Å². The lowest BCUT2D eigenvalue weighted by molar-refractivity contribution is -0.384. The van der Waals surface area contributed by atoms with E-state index in [1.54, 1.807) is 0 Å². The molecule has 0 radical (unpaired) electrons. The molecule has 1 aromatic carbocycles. The third kappa shape index (κ3) is 2.04. The molecule has 0 unspecified atom stereocenters. The molecule has 0 aliphatic heterocycles. The lowest BCUT2D eigenvalue weighted by Crippen LogP contribution is -2.43. The first-order chi connectivity index (χ1) is 8.06. The molecule has 0 atom stereocenters. The van der Waals surface area contributed by atoms with E-state index in [0.717, 1.165) is 24.6 Å². The van der Waals surface area contributed by atoms with Crippen LogP contribution in [0.3, 0.4) is 0 Å². The van der Waals surface area contributed by atoms with Gasteiger partial charge in [-0.15, -0.1) is 0 Å². The molecule has 5 nitrogen and oxygen atoms in total. The molecule has 17 heavy (non-hydrogen) atoms. The van der Waals surface area contributed by atoms with Crippen LogP contribution >= 0.6 is 0 Å². The highest BCUT2D eigenvalue weighted by Gasteiger charge is 2.38. The largest absolute Gasteiger partial charge is 0.362 e. The van der Waals surface area contributed by atoms with Gasteiger partial charge in [0.15, 0.2) is 0 Å². The van der Waals surface area contributed by atoms with Crippen LogP contribution in [0.15, 0.2) is 18.2 Å². The van der Waals surface area contributed by atoms with Crippen molar-refractivity contribution in [2.45, 2.75) is 24.8 Å². The van der Waals surface area contributed by atoms with Crippen molar-refractivity contribution >= 4 is 11.4 Å². The van der Waals surface area contributed by atoms with Gasteiger partial charge in [-0.3, -0.25) is 10.1 Å². The second-order valence-electron chi connectivity index (χ2n) is 4.09. The zero-order valence-corrected chi connectivity index (χ0v) is 8.94. The molecule has 1 N–H and O–H groups in total. The monoisotopic (exact) mass is 235 g/mol. The maximum Gasteiger partial charge on any atom is 0.292 e. The van der Waals surface area contributed by atoms with Crippen molar-refractivity contribution in [2.75, 3.05) is 5.32 Å². The summed E-state index contributed by atoms with van der Waals surface area (Å²) in [5.41, 5.74) is -0.928. The second kappa shape index (κ2) is 4.01. The van der Waals surface area contributed by atoms with Gasteiger partial charge in [0, 0.05) is 12.1 Å². The Kier molecular flexibility index (Phi) is 2.68. The normalized spacial score (nSPS) is 16.7. The molecule has 0 bridgehead atoms. The molecule has 1 aromatic rings. The lowest BCUT2D eigenvalue weighted by atomic mass is 9.78. The number of anilines is 1. The molecule has 88 valence electrons. The van der Waals surface area contributed by atoms with E-state index in [-0.39, 0.29) is 11.4 Å². The van der Waals surface area contributed by atoms with Gasteiger partial charge in [-0.2, -0.15) is 5.26 Å². The summed E-state index contributed by atoms with van der Waals surface area (Å²) in [7, 11) is 0. The topological polar surface area (TPSA) is 79.0 Å². The fourth-order valence-corrected chi connectivity index (χ4v) is 1.82. The van der Waals surface area contributed by atoms with Crippen LogP contribution in [0.25, 0.3) is 0 Å². The van der Waals surface area contributed by atoms with Gasteiger partial charge in [0.05, 0.1) is 11.0 Å². The van der Waals surface area contributed by atoms with Gasteiger partial charge in [-0.05, 0) is 25.3 Å². The van der Waals surface area contributed by atoms with Crippen LogP contribution in [0.5, 0.6) is 0 Å². The molecule has 1 aliphatic carbocycles. The van der Waals surface area contributed by atoms with Crippen LogP contribution in [0.2, 0.25) is 0 Å². The first-order valence-corrected chi connectivity index (χ1v) is 5.20. The summed E-state index contributed by atoms with van der Waals surface area (Å²) in [5.74, 6) is -0.564. The number of nitro groups is 1. The van der Waals surface area contributed by atoms with Gasteiger partial charge < -0.3 is 5.32 Å². The van der Waals surface area contributed by atoms with Crippen molar-refractivity contribution in [1.82, 2.24) is 0 Å². The number of rotatable bonds is 3. The summed E-state index contributed by atoms with van der Waals surface area (Å²) in [6, 6.07) is 5.27. The molecular weight excluding hydrogens is 225 g/mol. The van der Waals surface area contributed by atoms with Gasteiger partial charge in [-0.25, -0.2) is 4.39 Å². The summed E-state index contributed by atoms with van der Waals surface area (Å²) in [6.07, 6.45) is 2.14. The van der Waals surface area contributed by atoms with E-state index in [9.17, 15) is 14.5 Å². The first kappa shape index (κ1) is 11.3. The van der Waals surface area contributed by atoms with Gasteiger partial charge in [-0.1, -0.05) is 0 Å². The van der Waals surface area contributed by atoms with Gasteiger partial charge >= 0.3 is 0 Å². The Hall–Kier alpha value is -2.16. The maximum absolute atomic E-state index is 13.1. The fourth-order valence-electron chi connectivity index (χ4n) is 1.82. The fraction of sp³-hybridized carbons (Fsp3) is 0.364. The van der Waals surface area contributed by atoms with E-state index in [4.69, 9.17) is 5.26 Å². The van der Waals surface area contributed by atoms with Crippen LogP contribution in [-0.2, 0) is 0 Å². The number of hydrogen-bond donors (Lipinski definition) is 1. The number of hydrogen-bond acceptors (Lipinski definition) is 4. The van der Waals surface area contributed by atoms with E-state index >= 15 is 0 Å². The minimum atomic E-state index is -0.779. The van der Waals surface area contributed by atoms with Crippen LogP contribution in [0.4, 0.5) is 15.8 Å². The Morgan fingerprint density at radius 1 is 1.53 bits per heavy atom. The summed E-state index contributed by atoms with van der Waals surface area (Å²) in [4.78, 5) is 10.2. The molecule has 2 rings (SSSR count). The Morgan fingerprint density at radius 2 is 2.24 bits per heavy atom. The Labute approximate surface area is 97.0 Å². The van der Waals surface area contributed by atoms with Crippen LogP contribution in [-0.4, -0.2) is 10.5 Å². The zero-order chi connectivity index (χ0) is 12.5. The summed E-state index contributed by atoms with van der Waals surface area (Å²) in [5, 5.41) is 22.6. The molecular formula is C11H10FN3O2. The SMILES string of the molecule is N#CC1(Nc2cc(F)ccc2[N+](=O)[O-])CCC1. The predicted octanol–water partition coefficient (Wildman–Crippen LogP) is 2.59. The number of nitriles is 1. The third-order valence-corrected chi connectivity index (χ3v) is 2.95. The second-order valence-corrected chi connectivity index (χ2v) is 4.09. The van der Waals surface area contributed by atoms with Crippen LogP contribution in [0.1, 0.15) is 19.3 Å². The molecule has 1 aliphatic rings. The Morgan fingerprint density at radius 3 is 2.71 bits per heavy atom. The Balaban J connectivity index is 2.34. The number of halogens is 1. The van der Waals surface area contributed by atoms with Gasteiger partial charge in [0.2, 0.25) is 0 Å². The average Bonchev–Trinajstić information content (AvgIpc) is 2.23. The summed E-state index contributed by atoms with van der Waals surface area (Å²) in [6.45, 7) is 0. The molecule has 0 aromatic heterocycles. The Bertz CT molecular complexity index is 506. The zero-order valence-electron chi connectivity index (χ0n) is 8.94. The van der Waals surface area contributed by atoms with E-state index in [0.29, 0.717) is 12.8 Å². The van der Waals surface area contributed by atoms with Crippen LogP contribution in [0, 0.1) is 27.3 Å². The number of nitrogens with one attached hydrogen (secondary N) is 1. The highest BCUT2D eigenvalue weighted by Crippen LogP contribution is 2.37. The van der Waals surface area contributed by atoms with E-state index in [2.05, 4.69) is 11.4 Å². The summed E-state index contributed by atoms with van der Waals surface area (Å²) < 4.78 is 13.1. The molecule has 0 saturated heterocycles. The standard InChI is InChI=1S/C11H10FN3O2/c12-8-2-3-10(15(16)17)9(6-8)14-11(7-13)4-1-5-11/h2-3,6,14H,1,4-5H2. The summed E-state index contributed by atoms with van der Waals surface area (Å²) >= 11 is 0. The highest BCUT2D eigenvalue weighted by molar-refractivity contribution is 5.63. The van der Waals surface area contributed by atoms with Crippen molar-refractivity contribution in [3.63, 3.8) is 0 Å². The minimum Gasteiger partial charge on any atom is -0.362 e. The number of nitrogens with zero attached hydrogens (tertiary/aromatic N) is 2. The average molecular weight is 235 g/mol. The lowest BCUT2D eigenvalue weighted by Gasteiger charge is -2.36. The van der Waals surface area contributed by atoms with E-state index in [1.165, 1.54) is 0 Å². The third-order valence-electron chi connectivity index (χ3n) is 2.95. The molecule has 1 fully saturated rings. The van der Waals surface area contributed by atoms with Crippen LogP contribution < -0.4 is 5.32 Å². The molecule has 6 heteroatoms.